The maximum absolute atomic E-state index is 10.7. The molecule has 0 aliphatic carbocycles. The van der Waals surface area contributed by atoms with Crippen molar-refractivity contribution in [3.8, 4) is 0 Å². The van der Waals surface area contributed by atoms with Crippen molar-refractivity contribution in [3.05, 3.63) is 48.8 Å². The fraction of sp³-hybridized carbons (Fsp3) is 0.350. The van der Waals surface area contributed by atoms with Gasteiger partial charge in [-0.15, -0.1) is 0 Å². The van der Waals surface area contributed by atoms with E-state index in [2.05, 4.69) is 19.9 Å². The predicted molar refractivity (Wildman–Crippen MR) is 102 cm³/mol. The molecule has 27 heavy (non-hydrogen) atoms. The lowest BCUT2D eigenvalue weighted by atomic mass is 9.90. The number of furan rings is 1. The largest absolute Gasteiger partial charge is 0.450 e. The van der Waals surface area contributed by atoms with Gasteiger partial charge in [0.2, 0.25) is 0 Å². The average molecular weight is 363 g/mol. The minimum absolute atomic E-state index is 0.190. The van der Waals surface area contributed by atoms with Gasteiger partial charge < -0.3 is 19.0 Å². The SMILES string of the molecule is Cn1ccnc1C(O)C1CCN(c2ncnc3c2oc2ccccc23)CC1. The van der Waals surface area contributed by atoms with Gasteiger partial charge in [0, 0.05) is 37.9 Å². The Kier molecular flexibility index (Phi) is 3.82. The van der Waals surface area contributed by atoms with Crippen LogP contribution in [0.15, 0.2) is 47.4 Å². The fourth-order valence-corrected chi connectivity index (χ4v) is 4.04. The molecule has 7 heteroatoms. The molecule has 1 saturated heterocycles. The summed E-state index contributed by atoms with van der Waals surface area (Å²) in [5.74, 6) is 1.76. The smallest absolute Gasteiger partial charge is 0.196 e. The van der Waals surface area contributed by atoms with Gasteiger partial charge >= 0.3 is 0 Å². The van der Waals surface area contributed by atoms with Crippen molar-refractivity contribution in [1.82, 2.24) is 19.5 Å². The number of imidazole rings is 1. The highest BCUT2D eigenvalue weighted by Gasteiger charge is 2.30. The van der Waals surface area contributed by atoms with E-state index >= 15 is 0 Å². The molecule has 3 aromatic heterocycles. The Balaban J connectivity index is 1.40. The molecular formula is C20H21N5O2. The zero-order valence-corrected chi connectivity index (χ0v) is 15.1. The summed E-state index contributed by atoms with van der Waals surface area (Å²) < 4.78 is 7.94. The van der Waals surface area contributed by atoms with Crippen LogP contribution in [0.1, 0.15) is 24.8 Å². The second-order valence-corrected chi connectivity index (χ2v) is 7.14. The molecule has 1 aliphatic heterocycles. The number of nitrogens with zero attached hydrogens (tertiary/aromatic N) is 5. The second-order valence-electron chi connectivity index (χ2n) is 7.14. The van der Waals surface area contributed by atoms with E-state index in [0.29, 0.717) is 0 Å². The summed E-state index contributed by atoms with van der Waals surface area (Å²) in [6.45, 7) is 1.63. The van der Waals surface area contributed by atoms with Crippen LogP contribution in [0.2, 0.25) is 0 Å². The Morgan fingerprint density at radius 2 is 1.96 bits per heavy atom. The molecule has 0 amide bonds. The Bertz CT molecular complexity index is 1090. The number of aryl methyl sites for hydroxylation is 1. The summed E-state index contributed by atoms with van der Waals surface area (Å²) >= 11 is 0. The lowest BCUT2D eigenvalue weighted by Gasteiger charge is -2.34. The zero-order chi connectivity index (χ0) is 18.4. The second kappa shape index (κ2) is 6.35. The molecule has 7 nitrogen and oxygen atoms in total. The minimum atomic E-state index is -0.538. The van der Waals surface area contributed by atoms with Crippen molar-refractivity contribution in [2.45, 2.75) is 18.9 Å². The molecule has 1 fully saturated rings. The quantitative estimate of drug-likeness (QED) is 0.603. The number of aliphatic hydroxyl groups is 1. The van der Waals surface area contributed by atoms with E-state index in [1.54, 1.807) is 12.5 Å². The van der Waals surface area contributed by atoms with Gasteiger partial charge in [-0.1, -0.05) is 12.1 Å². The average Bonchev–Trinajstić information content (AvgIpc) is 3.31. The third kappa shape index (κ3) is 2.66. The monoisotopic (exact) mass is 363 g/mol. The molecular weight excluding hydrogens is 342 g/mol. The van der Waals surface area contributed by atoms with Crippen LogP contribution in [0.25, 0.3) is 22.1 Å². The topological polar surface area (TPSA) is 80.2 Å². The van der Waals surface area contributed by atoms with Crippen molar-refractivity contribution in [2.24, 2.45) is 13.0 Å². The number of anilines is 1. The van der Waals surface area contributed by atoms with Gasteiger partial charge in [-0.2, -0.15) is 0 Å². The number of fused-ring (bicyclic) bond motifs is 3. The normalized spacial score (nSPS) is 17.0. The number of hydrogen-bond donors (Lipinski definition) is 1. The maximum atomic E-state index is 10.7. The molecule has 5 rings (SSSR count). The molecule has 1 N–H and O–H groups in total. The Morgan fingerprint density at radius 1 is 1.15 bits per heavy atom. The van der Waals surface area contributed by atoms with E-state index < -0.39 is 6.10 Å². The first kappa shape index (κ1) is 16.3. The van der Waals surface area contributed by atoms with Gasteiger partial charge in [0.1, 0.15) is 29.4 Å². The molecule has 0 saturated carbocycles. The summed E-state index contributed by atoms with van der Waals surface area (Å²) in [6.07, 6.45) is 6.41. The molecule has 0 spiro atoms. The minimum Gasteiger partial charge on any atom is -0.450 e. The first-order valence-electron chi connectivity index (χ1n) is 9.25. The number of benzene rings is 1. The molecule has 0 bridgehead atoms. The van der Waals surface area contributed by atoms with Crippen molar-refractivity contribution in [3.63, 3.8) is 0 Å². The molecule has 138 valence electrons. The van der Waals surface area contributed by atoms with Crippen LogP contribution >= 0.6 is 0 Å². The lowest BCUT2D eigenvalue weighted by Crippen LogP contribution is -2.36. The van der Waals surface area contributed by atoms with Gasteiger partial charge in [0.15, 0.2) is 11.4 Å². The maximum Gasteiger partial charge on any atom is 0.196 e. The van der Waals surface area contributed by atoms with Gasteiger partial charge in [0.05, 0.1) is 0 Å². The zero-order valence-electron chi connectivity index (χ0n) is 15.1. The van der Waals surface area contributed by atoms with E-state index in [1.807, 2.05) is 42.1 Å². The highest BCUT2D eigenvalue weighted by Crippen LogP contribution is 2.35. The number of piperidine rings is 1. The van der Waals surface area contributed by atoms with Crippen molar-refractivity contribution >= 4 is 27.9 Å². The Morgan fingerprint density at radius 3 is 2.74 bits per heavy atom. The predicted octanol–water partition coefficient (Wildman–Crippen LogP) is 3.06. The number of hydrogen-bond acceptors (Lipinski definition) is 6. The summed E-state index contributed by atoms with van der Waals surface area (Å²) in [4.78, 5) is 15.5. The van der Waals surface area contributed by atoms with E-state index in [4.69, 9.17) is 4.42 Å². The van der Waals surface area contributed by atoms with Crippen LogP contribution in [0, 0.1) is 5.92 Å². The van der Waals surface area contributed by atoms with Crippen molar-refractivity contribution in [1.29, 1.82) is 0 Å². The molecule has 1 unspecified atom stereocenters. The van der Waals surface area contributed by atoms with E-state index in [9.17, 15) is 5.11 Å². The molecule has 4 heterocycles. The third-order valence-corrected chi connectivity index (χ3v) is 5.55. The van der Waals surface area contributed by atoms with E-state index in [0.717, 1.165) is 59.6 Å². The van der Waals surface area contributed by atoms with E-state index in [1.165, 1.54) is 0 Å². The number of para-hydroxylation sites is 1. The highest BCUT2D eigenvalue weighted by molar-refractivity contribution is 6.05. The lowest BCUT2D eigenvalue weighted by molar-refractivity contribution is 0.0824. The Hall–Kier alpha value is -2.93. The fourth-order valence-electron chi connectivity index (χ4n) is 4.04. The number of rotatable bonds is 3. The van der Waals surface area contributed by atoms with Gasteiger partial charge in [-0.3, -0.25) is 0 Å². The molecule has 1 aromatic carbocycles. The van der Waals surface area contributed by atoms with Crippen molar-refractivity contribution < 1.29 is 9.52 Å². The van der Waals surface area contributed by atoms with Crippen LogP contribution in [0.4, 0.5) is 5.82 Å². The van der Waals surface area contributed by atoms with Crippen molar-refractivity contribution in [2.75, 3.05) is 18.0 Å². The first-order valence-corrected chi connectivity index (χ1v) is 9.25. The molecule has 1 atom stereocenters. The van der Waals surface area contributed by atoms with E-state index in [-0.39, 0.29) is 5.92 Å². The number of aromatic nitrogens is 4. The molecule has 4 aromatic rings. The number of aliphatic hydroxyl groups excluding tert-OH is 1. The molecule has 0 radical (unpaired) electrons. The summed E-state index contributed by atoms with van der Waals surface area (Å²) in [7, 11) is 1.92. The standard InChI is InChI=1S/C20H21N5O2/c1-24-11-8-21-19(24)17(26)13-6-9-25(10-7-13)20-18-16(22-12-23-20)14-4-2-3-5-15(14)27-18/h2-5,8,11-13,17,26H,6-7,9-10H2,1H3. The molecule has 1 aliphatic rings. The summed E-state index contributed by atoms with van der Waals surface area (Å²) in [6, 6.07) is 7.93. The van der Waals surface area contributed by atoms with Crippen LogP contribution in [0.5, 0.6) is 0 Å². The van der Waals surface area contributed by atoms with Crippen LogP contribution in [-0.4, -0.2) is 37.7 Å². The van der Waals surface area contributed by atoms with Gasteiger partial charge in [-0.05, 0) is 30.9 Å². The summed E-state index contributed by atoms with van der Waals surface area (Å²) in [5.41, 5.74) is 2.42. The Labute approximate surface area is 156 Å². The summed E-state index contributed by atoms with van der Waals surface area (Å²) in [5, 5.41) is 11.7. The van der Waals surface area contributed by atoms with Gasteiger partial charge in [0.25, 0.3) is 0 Å². The van der Waals surface area contributed by atoms with Crippen LogP contribution < -0.4 is 4.90 Å². The van der Waals surface area contributed by atoms with Gasteiger partial charge in [-0.25, -0.2) is 15.0 Å². The third-order valence-electron chi connectivity index (χ3n) is 5.55. The van der Waals surface area contributed by atoms with Crippen LogP contribution in [-0.2, 0) is 7.05 Å². The highest BCUT2D eigenvalue weighted by atomic mass is 16.3. The first-order chi connectivity index (χ1) is 13.2. The van der Waals surface area contributed by atoms with Crippen LogP contribution in [0.3, 0.4) is 0 Å².